The van der Waals surface area contributed by atoms with Gasteiger partial charge in [-0.1, -0.05) is 97.1 Å². The second kappa shape index (κ2) is 17.6. The normalized spacial score (nSPS) is 12.1. The van der Waals surface area contributed by atoms with Crippen molar-refractivity contribution in [3.8, 4) is 0 Å². The molecule has 0 spiro atoms. The molecule has 2 nitrogen and oxygen atoms in total. The van der Waals surface area contributed by atoms with Crippen molar-refractivity contribution < 1.29 is 9.90 Å². The molecule has 0 aliphatic rings. The van der Waals surface area contributed by atoms with Crippen LogP contribution in [0, 0.1) is 5.41 Å². The molecule has 0 aliphatic carbocycles. The van der Waals surface area contributed by atoms with Gasteiger partial charge in [-0.05, 0) is 44.9 Å². The molecule has 0 bridgehead atoms. The predicted molar refractivity (Wildman–Crippen MR) is 115 cm³/mol. The van der Waals surface area contributed by atoms with E-state index >= 15 is 0 Å². The summed E-state index contributed by atoms with van der Waals surface area (Å²) in [6.45, 7) is 6.47. The van der Waals surface area contributed by atoms with Gasteiger partial charge in [-0.3, -0.25) is 4.79 Å². The van der Waals surface area contributed by atoms with E-state index in [1.807, 2.05) is 0 Å². The Hall–Kier alpha value is -0.790. The average Bonchev–Trinajstić information content (AvgIpc) is 2.62. The van der Waals surface area contributed by atoms with Gasteiger partial charge in [0, 0.05) is 0 Å². The maximum atomic E-state index is 11.8. The highest BCUT2D eigenvalue weighted by atomic mass is 16.4. The Morgan fingerprint density at radius 1 is 0.654 bits per heavy atom. The molecule has 0 aromatic carbocycles. The van der Waals surface area contributed by atoms with Crippen LogP contribution in [0.3, 0.4) is 0 Å². The maximum Gasteiger partial charge on any atom is 0.309 e. The minimum absolute atomic E-state index is 0.458. The lowest BCUT2D eigenvalue weighted by molar-refractivity contribution is -0.150. The fourth-order valence-electron chi connectivity index (χ4n) is 4.01. The van der Waals surface area contributed by atoms with Crippen molar-refractivity contribution in [1.29, 1.82) is 0 Å². The van der Waals surface area contributed by atoms with Crippen molar-refractivity contribution in [2.75, 3.05) is 0 Å². The lowest BCUT2D eigenvalue weighted by Gasteiger charge is -2.29. The Morgan fingerprint density at radius 3 is 1.58 bits per heavy atom. The summed E-state index contributed by atoms with van der Waals surface area (Å²) in [7, 11) is 0. The topological polar surface area (TPSA) is 37.3 Å². The number of carboxylic acids is 1. The van der Waals surface area contributed by atoms with Crippen LogP contribution in [0.1, 0.15) is 130 Å². The summed E-state index contributed by atoms with van der Waals surface area (Å²) in [4.78, 5) is 11.8. The smallest absolute Gasteiger partial charge is 0.309 e. The van der Waals surface area contributed by atoms with Crippen LogP contribution >= 0.6 is 0 Å². The number of carboxylic acid groups (broad SMARTS) is 1. The van der Waals surface area contributed by atoms with Gasteiger partial charge in [0.2, 0.25) is 0 Å². The molecule has 154 valence electrons. The third kappa shape index (κ3) is 12.5. The summed E-state index contributed by atoms with van der Waals surface area (Å²) in [5, 5.41) is 9.68. The van der Waals surface area contributed by atoms with Crippen molar-refractivity contribution in [2.45, 2.75) is 130 Å². The van der Waals surface area contributed by atoms with Gasteiger partial charge in [-0.25, -0.2) is 0 Å². The highest BCUT2D eigenvalue weighted by Crippen LogP contribution is 2.36. The molecule has 0 fully saturated rings. The highest BCUT2D eigenvalue weighted by Gasteiger charge is 2.35. The zero-order valence-electron chi connectivity index (χ0n) is 18.0. The molecular weight excluding hydrogens is 320 g/mol. The molecule has 0 heterocycles. The molecule has 0 unspecified atom stereocenters. The molecule has 26 heavy (non-hydrogen) atoms. The van der Waals surface area contributed by atoms with Crippen molar-refractivity contribution in [1.82, 2.24) is 0 Å². The van der Waals surface area contributed by atoms with Crippen LogP contribution in [0.2, 0.25) is 0 Å². The summed E-state index contributed by atoms with van der Waals surface area (Å²) in [5.41, 5.74) is -0.458. The van der Waals surface area contributed by atoms with Crippen LogP contribution in [0.5, 0.6) is 0 Å². The standard InChI is InChI=1S/C24H46O2/c1-4-7-8-9-10-11-12-13-14-15-16-17-18-19-22-24(20-5-2,21-6-3)23(25)26/h13-14H,4-12,15-22H2,1-3H3,(H,25,26). The van der Waals surface area contributed by atoms with Gasteiger partial charge >= 0.3 is 5.97 Å². The van der Waals surface area contributed by atoms with E-state index in [9.17, 15) is 9.90 Å². The van der Waals surface area contributed by atoms with E-state index in [4.69, 9.17) is 0 Å². The number of hydrogen-bond acceptors (Lipinski definition) is 1. The first-order valence-corrected chi connectivity index (χ1v) is 11.5. The first-order chi connectivity index (χ1) is 12.6. The van der Waals surface area contributed by atoms with E-state index < -0.39 is 11.4 Å². The van der Waals surface area contributed by atoms with E-state index in [2.05, 4.69) is 32.9 Å². The van der Waals surface area contributed by atoms with Crippen molar-refractivity contribution in [2.24, 2.45) is 5.41 Å². The molecule has 0 atom stereocenters. The predicted octanol–water partition coefficient (Wildman–Crippen LogP) is 8.31. The number of rotatable bonds is 19. The molecule has 0 aromatic heterocycles. The van der Waals surface area contributed by atoms with Crippen LogP contribution in [-0.4, -0.2) is 11.1 Å². The van der Waals surface area contributed by atoms with Crippen LogP contribution in [0.25, 0.3) is 0 Å². The van der Waals surface area contributed by atoms with Gasteiger partial charge in [0.25, 0.3) is 0 Å². The van der Waals surface area contributed by atoms with Crippen LogP contribution in [0.15, 0.2) is 12.2 Å². The van der Waals surface area contributed by atoms with Crippen molar-refractivity contribution in [3.63, 3.8) is 0 Å². The summed E-state index contributed by atoms with van der Waals surface area (Å²) in [5.74, 6) is -0.571. The molecular formula is C24H46O2. The molecule has 1 N–H and O–H groups in total. The monoisotopic (exact) mass is 366 g/mol. The van der Waals surface area contributed by atoms with Gasteiger partial charge in [0.1, 0.15) is 0 Å². The van der Waals surface area contributed by atoms with Gasteiger partial charge in [0.05, 0.1) is 5.41 Å². The molecule has 0 rings (SSSR count). The third-order valence-corrected chi connectivity index (χ3v) is 5.58. The van der Waals surface area contributed by atoms with Crippen molar-refractivity contribution >= 4 is 5.97 Å². The largest absolute Gasteiger partial charge is 0.481 e. The second-order valence-electron chi connectivity index (χ2n) is 8.07. The Balaban J connectivity index is 3.69. The SMILES string of the molecule is CCCCCCCCC=CCCCCCCC(CCC)(CCC)C(=O)O. The van der Waals surface area contributed by atoms with E-state index in [1.54, 1.807) is 0 Å². The highest BCUT2D eigenvalue weighted by molar-refractivity contribution is 5.74. The Kier molecular flexibility index (Phi) is 17.1. The number of unbranched alkanes of at least 4 members (excludes halogenated alkanes) is 10. The number of aliphatic carboxylic acids is 1. The molecule has 0 radical (unpaired) electrons. The molecule has 0 saturated heterocycles. The Labute approximate surface area is 163 Å². The molecule has 0 aromatic rings. The minimum Gasteiger partial charge on any atom is -0.481 e. The summed E-state index contributed by atoms with van der Waals surface area (Å²) in [6.07, 6.45) is 24.5. The Bertz CT molecular complexity index is 340. The Morgan fingerprint density at radius 2 is 1.12 bits per heavy atom. The summed E-state index contributed by atoms with van der Waals surface area (Å²) < 4.78 is 0. The molecule has 2 heteroatoms. The molecule has 0 saturated carbocycles. The van der Waals surface area contributed by atoms with Crippen LogP contribution < -0.4 is 0 Å². The zero-order chi connectivity index (χ0) is 19.5. The van der Waals surface area contributed by atoms with E-state index in [-0.39, 0.29) is 0 Å². The number of hydrogen-bond donors (Lipinski definition) is 1. The summed E-state index contributed by atoms with van der Waals surface area (Å²) >= 11 is 0. The van der Waals surface area contributed by atoms with Gasteiger partial charge < -0.3 is 5.11 Å². The summed E-state index contributed by atoms with van der Waals surface area (Å²) in [6, 6.07) is 0. The van der Waals surface area contributed by atoms with Gasteiger partial charge in [0.15, 0.2) is 0 Å². The first-order valence-electron chi connectivity index (χ1n) is 11.5. The average molecular weight is 367 g/mol. The van der Waals surface area contributed by atoms with Crippen molar-refractivity contribution in [3.05, 3.63) is 12.2 Å². The zero-order valence-corrected chi connectivity index (χ0v) is 18.0. The maximum absolute atomic E-state index is 11.8. The van der Waals surface area contributed by atoms with E-state index in [1.165, 1.54) is 70.6 Å². The van der Waals surface area contributed by atoms with Crippen LogP contribution in [0.4, 0.5) is 0 Å². The van der Waals surface area contributed by atoms with E-state index in [0.29, 0.717) is 0 Å². The fraction of sp³-hybridized carbons (Fsp3) is 0.875. The quantitative estimate of drug-likeness (QED) is 0.184. The minimum atomic E-state index is -0.571. The second-order valence-corrected chi connectivity index (χ2v) is 8.07. The number of allylic oxidation sites excluding steroid dienone is 2. The molecule has 0 amide bonds. The molecule has 0 aliphatic heterocycles. The lowest BCUT2D eigenvalue weighted by Crippen LogP contribution is -2.31. The van der Waals surface area contributed by atoms with Gasteiger partial charge in [-0.2, -0.15) is 0 Å². The lowest BCUT2D eigenvalue weighted by atomic mass is 9.75. The van der Waals surface area contributed by atoms with Crippen LogP contribution in [-0.2, 0) is 4.79 Å². The first kappa shape index (κ1) is 25.2. The third-order valence-electron chi connectivity index (χ3n) is 5.58. The fourth-order valence-corrected chi connectivity index (χ4v) is 4.01. The van der Waals surface area contributed by atoms with Gasteiger partial charge in [-0.15, -0.1) is 0 Å². The number of carbonyl (C=O) groups is 1. The van der Waals surface area contributed by atoms with E-state index in [0.717, 1.165) is 38.5 Å².